The van der Waals surface area contributed by atoms with Crippen molar-refractivity contribution in [2.24, 2.45) is 0 Å². The van der Waals surface area contributed by atoms with Crippen LogP contribution in [-0.4, -0.2) is 37.1 Å². The first-order chi connectivity index (χ1) is 21.7. The van der Waals surface area contributed by atoms with Crippen LogP contribution in [0.2, 0.25) is 0 Å². The molecular formula is C36H39N3O5S. The predicted octanol–water partition coefficient (Wildman–Crippen LogP) is 6.79. The molecule has 4 N–H and O–H groups in total. The number of aryl methyl sites for hydroxylation is 1. The highest BCUT2D eigenvalue weighted by Gasteiger charge is 2.26. The third-order valence-electron chi connectivity index (χ3n) is 8.30. The summed E-state index contributed by atoms with van der Waals surface area (Å²) < 4.78 is 15.5. The minimum Gasteiger partial charge on any atom is -0.507 e. The van der Waals surface area contributed by atoms with Crippen molar-refractivity contribution in [2.75, 3.05) is 17.2 Å². The summed E-state index contributed by atoms with van der Waals surface area (Å²) >= 11 is 0. The number of carbonyl (C=O) groups excluding carboxylic acids is 1. The number of phenols is 1. The number of hydrogen-bond acceptors (Lipinski definition) is 5. The summed E-state index contributed by atoms with van der Waals surface area (Å²) in [5.41, 5.74) is 10.7. The van der Waals surface area contributed by atoms with E-state index >= 15 is 0 Å². The molecule has 8 nitrogen and oxygen atoms in total. The van der Waals surface area contributed by atoms with Crippen molar-refractivity contribution in [3.63, 3.8) is 0 Å². The van der Waals surface area contributed by atoms with Gasteiger partial charge in [-0.05, 0) is 78.8 Å². The number of hydrogen-bond donors (Lipinski definition) is 3. The smallest absolute Gasteiger partial charge is 0.339 e. The van der Waals surface area contributed by atoms with Gasteiger partial charge in [-0.2, -0.15) is 0 Å². The molecule has 9 heteroatoms. The number of amides is 1. The third-order valence-corrected chi connectivity index (χ3v) is 9.70. The summed E-state index contributed by atoms with van der Waals surface area (Å²) in [6.45, 7) is 2.12. The Morgan fingerprint density at radius 3 is 2.22 bits per heavy atom. The van der Waals surface area contributed by atoms with Gasteiger partial charge in [0.2, 0.25) is 5.91 Å². The fourth-order valence-corrected chi connectivity index (χ4v) is 6.98. The minimum absolute atomic E-state index is 0.179. The van der Waals surface area contributed by atoms with Gasteiger partial charge in [0.25, 0.3) is 0 Å². The van der Waals surface area contributed by atoms with Crippen LogP contribution in [0.3, 0.4) is 0 Å². The molecule has 1 unspecified atom stereocenters. The van der Waals surface area contributed by atoms with E-state index < -0.39 is 22.7 Å². The van der Waals surface area contributed by atoms with Crippen LogP contribution in [0.4, 0.5) is 11.4 Å². The van der Waals surface area contributed by atoms with Gasteiger partial charge in [0, 0.05) is 24.0 Å². The third kappa shape index (κ3) is 8.17. The lowest BCUT2D eigenvalue weighted by molar-refractivity contribution is -0.119. The number of aromatic hydroxyl groups is 1. The van der Waals surface area contributed by atoms with Crippen LogP contribution >= 0.6 is 0 Å². The monoisotopic (exact) mass is 625 g/mol. The van der Waals surface area contributed by atoms with Gasteiger partial charge in [0.15, 0.2) is 0 Å². The second kappa shape index (κ2) is 14.5. The van der Waals surface area contributed by atoms with Crippen molar-refractivity contribution < 1.29 is 24.0 Å². The zero-order chi connectivity index (χ0) is 31.9. The van der Waals surface area contributed by atoms with Crippen LogP contribution in [-0.2, 0) is 28.9 Å². The Morgan fingerprint density at radius 2 is 1.58 bits per heavy atom. The quantitative estimate of drug-likeness (QED) is 0.158. The molecule has 5 rings (SSSR count). The lowest BCUT2D eigenvalue weighted by Gasteiger charge is -2.28. The second-order valence-electron chi connectivity index (χ2n) is 11.7. The number of nitrogen functional groups attached to an aromatic ring is 1. The van der Waals surface area contributed by atoms with E-state index in [0.717, 1.165) is 16.7 Å². The molecule has 0 spiro atoms. The molecule has 0 radical (unpaired) electrons. The zero-order valence-corrected chi connectivity index (χ0v) is 26.2. The molecule has 1 aliphatic rings. The molecule has 45 heavy (non-hydrogen) atoms. The van der Waals surface area contributed by atoms with Gasteiger partial charge in [-0.3, -0.25) is 4.79 Å². The molecule has 4 aromatic carbocycles. The van der Waals surface area contributed by atoms with Crippen molar-refractivity contribution >= 4 is 34.2 Å². The van der Waals surface area contributed by atoms with Crippen molar-refractivity contribution in [1.29, 1.82) is 0 Å². The van der Waals surface area contributed by atoms with Gasteiger partial charge in [-0.25, -0.2) is 13.3 Å². The Bertz CT molecular complexity index is 1670. The fourth-order valence-electron chi connectivity index (χ4n) is 5.81. The maximum Gasteiger partial charge on any atom is 0.339 e. The van der Waals surface area contributed by atoms with Gasteiger partial charge >= 0.3 is 5.97 Å². The molecule has 0 heterocycles. The number of nitrogens with zero attached hydrogens (tertiary/aromatic N) is 2. The Kier molecular flexibility index (Phi) is 10.3. The predicted molar refractivity (Wildman–Crippen MR) is 177 cm³/mol. The molecular weight excluding hydrogens is 586 g/mol. The molecule has 1 fully saturated rings. The number of anilines is 2. The number of rotatable bonds is 11. The first kappa shape index (κ1) is 31.9. The Balaban J connectivity index is 1.46. The van der Waals surface area contributed by atoms with E-state index in [0.29, 0.717) is 22.2 Å². The van der Waals surface area contributed by atoms with E-state index in [1.807, 2.05) is 43.3 Å². The number of carboxylic acids is 1. The molecule has 1 saturated carbocycles. The van der Waals surface area contributed by atoms with Crippen LogP contribution in [0.1, 0.15) is 70.6 Å². The maximum atomic E-state index is 14.2. The molecule has 1 aliphatic carbocycles. The zero-order valence-electron chi connectivity index (χ0n) is 25.4. The summed E-state index contributed by atoms with van der Waals surface area (Å²) in [6.07, 6.45) is 6.12. The van der Waals surface area contributed by atoms with Gasteiger partial charge in [-0.1, -0.05) is 73.4 Å². The van der Waals surface area contributed by atoms with E-state index in [2.05, 4.69) is 12.1 Å². The van der Waals surface area contributed by atoms with E-state index in [9.17, 15) is 24.0 Å². The maximum absolute atomic E-state index is 14.2. The number of nitrogens with two attached hydrogens (primary N) is 1. The van der Waals surface area contributed by atoms with Crippen LogP contribution < -0.4 is 10.6 Å². The van der Waals surface area contributed by atoms with Crippen molar-refractivity contribution in [2.45, 2.75) is 62.9 Å². The highest BCUT2D eigenvalue weighted by Crippen LogP contribution is 2.33. The number of benzene rings is 4. The average molecular weight is 626 g/mol. The highest BCUT2D eigenvalue weighted by molar-refractivity contribution is 7.82. The highest BCUT2D eigenvalue weighted by atomic mass is 32.2. The van der Waals surface area contributed by atoms with Crippen molar-refractivity contribution in [3.05, 3.63) is 119 Å². The van der Waals surface area contributed by atoms with Crippen molar-refractivity contribution in [3.8, 4) is 5.75 Å². The Labute approximate surface area is 266 Å². The van der Waals surface area contributed by atoms with Crippen LogP contribution in [0.5, 0.6) is 5.75 Å². The lowest BCUT2D eigenvalue weighted by Crippen LogP contribution is -2.40. The van der Waals surface area contributed by atoms with E-state index in [1.165, 1.54) is 60.8 Å². The molecule has 1 amide bonds. The largest absolute Gasteiger partial charge is 0.507 e. The van der Waals surface area contributed by atoms with Crippen LogP contribution in [0.15, 0.2) is 95.9 Å². The Morgan fingerprint density at radius 1 is 0.867 bits per heavy atom. The SMILES string of the molecule is Cc1ccc(S(=O)N(CC(=O)N(Cc2ccc(C3CCCCC3)cc2)c2ccc(C(=O)O)c(O)c2)Cc2cccc(N)c2)cc1. The van der Waals surface area contributed by atoms with Gasteiger partial charge in [-0.15, -0.1) is 0 Å². The summed E-state index contributed by atoms with van der Waals surface area (Å²) in [5.74, 6) is -1.52. The fraction of sp³-hybridized carbons (Fsp3) is 0.278. The minimum atomic E-state index is -1.68. The summed E-state index contributed by atoms with van der Waals surface area (Å²) in [5, 5.41) is 20.0. The normalized spacial score (nSPS) is 14.3. The van der Waals surface area contributed by atoms with E-state index in [4.69, 9.17) is 5.73 Å². The Hall–Kier alpha value is -4.47. The summed E-state index contributed by atoms with van der Waals surface area (Å²) in [7, 11) is -1.68. The van der Waals surface area contributed by atoms with Gasteiger partial charge < -0.3 is 20.8 Å². The average Bonchev–Trinajstić information content (AvgIpc) is 3.04. The van der Waals surface area contributed by atoms with Crippen molar-refractivity contribution in [1.82, 2.24) is 4.31 Å². The standard InChI is InChI=1S/C36H39N3O5S/c1-25-10-17-32(18-11-25)45(44)38(22-27-6-5-9-30(37)20-27)24-35(41)39(31-16-19-33(36(42)43)34(40)21-31)23-26-12-14-29(15-13-26)28-7-3-2-4-8-28/h5-6,9-21,28,40H,2-4,7-8,22-24,37H2,1H3,(H,42,43). The second-order valence-corrected chi connectivity index (χ2v) is 13.2. The first-order valence-corrected chi connectivity index (χ1v) is 16.3. The number of carbonyl (C=O) groups is 2. The van der Waals surface area contributed by atoms with Gasteiger partial charge in [0.1, 0.15) is 22.3 Å². The van der Waals surface area contributed by atoms with Gasteiger partial charge in [0.05, 0.1) is 18.0 Å². The first-order valence-electron chi connectivity index (χ1n) is 15.2. The van der Waals surface area contributed by atoms with Crippen LogP contribution in [0.25, 0.3) is 0 Å². The topological polar surface area (TPSA) is 124 Å². The molecule has 0 aromatic heterocycles. The van der Waals surface area contributed by atoms with E-state index in [1.54, 1.807) is 28.6 Å². The van der Waals surface area contributed by atoms with Crippen LogP contribution in [0, 0.1) is 6.92 Å². The number of aromatic carboxylic acids is 1. The lowest BCUT2D eigenvalue weighted by atomic mass is 9.84. The molecule has 1 atom stereocenters. The summed E-state index contributed by atoms with van der Waals surface area (Å²) in [6, 6.07) is 26.9. The summed E-state index contributed by atoms with van der Waals surface area (Å²) in [4.78, 5) is 27.8. The molecule has 0 bridgehead atoms. The molecule has 4 aromatic rings. The molecule has 0 aliphatic heterocycles. The number of carboxylic acid groups (broad SMARTS) is 1. The molecule has 0 saturated heterocycles. The van der Waals surface area contributed by atoms with E-state index in [-0.39, 0.29) is 31.1 Å². The molecule has 234 valence electrons.